The second-order valence-electron chi connectivity index (χ2n) is 10.5. The van der Waals surface area contributed by atoms with Crippen LogP contribution in [0.5, 0.6) is 0 Å². The number of nitrogens with zero attached hydrogens (tertiary/aromatic N) is 1. The lowest BCUT2D eigenvalue weighted by Gasteiger charge is -2.41. The van der Waals surface area contributed by atoms with E-state index < -0.39 is 0 Å². The van der Waals surface area contributed by atoms with Crippen molar-refractivity contribution in [2.45, 2.75) is 63.1 Å². The summed E-state index contributed by atoms with van der Waals surface area (Å²) in [6.45, 7) is 2.22. The molecule has 6 heteroatoms. The number of likely N-dealkylation sites (tertiary alicyclic amines) is 1. The van der Waals surface area contributed by atoms with Gasteiger partial charge in [0.25, 0.3) is 0 Å². The first-order valence-electron chi connectivity index (χ1n) is 12.7. The number of piperidine rings is 1. The highest BCUT2D eigenvalue weighted by molar-refractivity contribution is 5.89. The van der Waals surface area contributed by atoms with Crippen LogP contribution in [-0.2, 0) is 11.3 Å². The van der Waals surface area contributed by atoms with Gasteiger partial charge >= 0.3 is 5.97 Å². The first-order valence-corrected chi connectivity index (χ1v) is 12.7. The molecular weight excluding hydrogens is 429 g/mol. The highest BCUT2D eigenvalue weighted by atomic mass is 19.1. The summed E-state index contributed by atoms with van der Waals surface area (Å²) < 4.78 is 13.3. The van der Waals surface area contributed by atoms with Crippen LogP contribution in [0.2, 0.25) is 0 Å². The standard InChI is InChI=1S/C28H36FN3O2/c1-30-24-13-14-25(31-34-27(33)22-7-3-2-4-8-22)28(17-24)18-26(28)32-15-5-6-21(19-32)16-20-9-11-23(29)12-10-20/h2-4,7-12,21,24-26,30-31H,5-6,13-19H2,1H3/t21-,24+,25+,26+,28?/m0/s1. The number of hydrogen-bond donors (Lipinski definition) is 2. The Morgan fingerprint density at radius 3 is 2.65 bits per heavy atom. The summed E-state index contributed by atoms with van der Waals surface area (Å²) in [5, 5.41) is 3.50. The first-order chi connectivity index (χ1) is 16.6. The SMILES string of the molecule is CN[C@@H]1CC[C@@H](NOC(=O)c2ccccc2)C2(C1)C[C@H]2N1CCC[C@@H](Cc2ccc(F)cc2)C1. The van der Waals surface area contributed by atoms with Gasteiger partial charge in [0.15, 0.2) is 0 Å². The van der Waals surface area contributed by atoms with E-state index in [9.17, 15) is 9.18 Å². The van der Waals surface area contributed by atoms with Gasteiger partial charge in [0.1, 0.15) is 5.82 Å². The van der Waals surface area contributed by atoms with Crippen molar-refractivity contribution in [2.24, 2.45) is 11.3 Å². The Balaban J connectivity index is 1.23. The third-order valence-electron chi connectivity index (χ3n) is 8.34. The number of carbonyl (C=O) groups is 1. The molecule has 3 fully saturated rings. The monoisotopic (exact) mass is 465 g/mol. The summed E-state index contributed by atoms with van der Waals surface area (Å²) in [7, 11) is 2.05. The maximum atomic E-state index is 13.3. The first kappa shape index (κ1) is 23.5. The number of hydrogen-bond acceptors (Lipinski definition) is 5. The van der Waals surface area contributed by atoms with E-state index in [-0.39, 0.29) is 23.2 Å². The number of rotatable bonds is 7. The van der Waals surface area contributed by atoms with Gasteiger partial charge in [-0.15, -0.1) is 5.48 Å². The van der Waals surface area contributed by atoms with Crippen molar-refractivity contribution in [3.05, 3.63) is 71.5 Å². The van der Waals surface area contributed by atoms with E-state index in [1.807, 2.05) is 30.3 Å². The average molecular weight is 466 g/mol. The summed E-state index contributed by atoms with van der Waals surface area (Å²) in [6, 6.07) is 17.4. The van der Waals surface area contributed by atoms with Crippen LogP contribution in [0.15, 0.2) is 54.6 Å². The molecule has 2 N–H and O–H groups in total. The molecule has 182 valence electrons. The highest BCUT2D eigenvalue weighted by Gasteiger charge is 2.63. The van der Waals surface area contributed by atoms with Gasteiger partial charge in [-0.3, -0.25) is 4.90 Å². The highest BCUT2D eigenvalue weighted by Crippen LogP contribution is 2.59. The molecule has 2 aromatic rings. The zero-order chi connectivity index (χ0) is 23.5. The molecule has 2 aromatic carbocycles. The van der Waals surface area contributed by atoms with E-state index in [2.05, 4.69) is 22.7 Å². The smallest absolute Gasteiger partial charge is 0.356 e. The number of nitrogens with one attached hydrogen (secondary N) is 2. The fraction of sp³-hybridized carbons (Fsp3) is 0.536. The van der Waals surface area contributed by atoms with E-state index in [1.54, 1.807) is 24.3 Å². The third kappa shape index (κ3) is 5.04. The van der Waals surface area contributed by atoms with Crippen molar-refractivity contribution in [3.8, 4) is 0 Å². The normalized spacial score (nSPS) is 31.4. The van der Waals surface area contributed by atoms with Crippen LogP contribution in [-0.4, -0.2) is 49.1 Å². The molecule has 3 aliphatic rings. The van der Waals surface area contributed by atoms with Crippen molar-refractivity contribution < 1.29 is 14.0 Å². The summed E-state index contributed by atoms with van der Waals surface area (Å²) >= 11 is 0. The Morgan fingerprint density at radius 2 is 1.88 bits per heavy atom. The molecule has 2 aliphatic carbocycles. The van der Waals surface area contributed by atoms with Crippen LogP contribution >= 0.6 is 0 Å². The Bertz CT molecular complexity index is 969. The molecule has 0 aromatic heterocycles. The minimum atomic E-state index is -0.318. The minimum absolute atomic E-state index is 0.140. The minimum Gasteiger partial charge on any atom is -0.366 e. The Morgan fingerprint density at radius 1 is 1.09 bits per heavy atom. The van der Waals surface area contributed by atoms with Crippen LogP contribution < -0.4 is 10.8 Å². The Labute approximate surface area is 202 Å². The van der Waals surface area contributed by atoms with Gasteiger partial charge in [-0.25, -0.2) is 9.18 Å². The van der Waals surface area contributed by atoms with Gasteiger partial charge < -0.3 is 10.2 Å². The predicted molar refractivity (Wildman–Crippen MR) is 131 cm³/mol. The molecule has 34 heavy (non-hydrogen) atoms. The van der Waals surface area contributed by atoms with Crippen LogP contribution in [0.4, 0.5) is 4.39 Å². The van der Waals surface area contributed by atoms with Gasteiger partial charge in [0.05, 0.1) is 11.6 Å². The van der Waals surface area contributed by atoms with Crippen LogP contribution in [0.1, 0.15) is 54.4 Å². The van der Waals surface area contributed by atoms with Crippen molar-refractivity contribution >= 4 is 5.97 Å². The summed E-state index contributed by atoms with van der Waals surface area (Å²) in [4.78, 5) is 20.8. The fourth-order valence-corrected chi connectivity index (χ4v) is 6.43. The van der Waals surface area contributed by atoms with Crippen LogP contribution in [0.3, 0.4) is 0 Å². The second-order valence-corrected chi connectivity index (χ2v) is 10.5. The Kier molecular flexibility index (Phi) is 7.00. The molecule has 1 unspecified atom stereocenters. The van der Waals surface area contributed by atoms with Gasteiger partial charge in [0, 0.05) is 24.0 Å². The molecular formula is C28H36FN3O2. The van der Waals surface area contributed by atoms with E-state index in [0.717, 1.165) is 45.2 Å². The molecule has 1 aliphatic heterocycles. The third-order valence-corrected chi connectivity index (χ3v) is 8.34. The number of carbonyl (C=O) groups excluding carboxylic acids is 1. The molecule has 1 heterocycles. The van der Waals surface area contributed by atoms with Gasteiger partial charge in [-0.2, -0.15) is 0 Å². The van der Waals surface area contributed by atoms with E-state index in [4.69, 9.17) is 4.84 Å². The van der Waals surface area contributed by atoms with Gasteiger partial charge in [-0.1, -0.05) is 30.3 Å². The lowest BCUT2D eigenvalue weighted by atomic mass is 9.78. The summed E-state index contributed by atoms with van der Waals surface area (Å²) in [5.41, 5.74) is 5.13. The van der Waals surface area contributed by atoms with Crippen LogP contribution in [0, 0.1) is 17.2 Å². The number of hydroxylamine groups is 1. The fourth-order valence-electron chi connectivity index (χ4n) is 6.43. The molecule has 1 saturated heterocycles. The topological polar surface area (TPSA) is 53.6 Å². The summed E-state index contributed by atoms with van der Waals surface area (Å²) in [6.07, 6.45) is 7.77. The molecule has 0 amide bonds. The maximum Gasteiger partial charge on any atom is 0.356 e. The lowest BCUT2D eigenvalue weighted by Crippen LogP contribution is -2.51. The van der Waals surface area contributed by atoms with Gasteiger partial charge in [0.2, 0.25) is 0 Å². The zero-order valence-corrected chi connectivity index (χ0v) is 20.0. The van der Waals surface area contributed by atoms with Crippen molar-refractivity contribution in [2.75, 3.05) is 20.1 Å². The maximum absolute atomic E-state index is 13.3. The van der Waals surface area contributed by atoms with E-state index in [0.29, 0.717) is 23.6 Å². The number of benzene rings is 2. The summed E-state index contributed by atoms with van der Waals surface area (Å²) in [5.74, 6) is 0.112. The number of halogens is 1. The molecule has 0 radical (unpaired) electrons. The molecule has 2 saturated carbocycles. The van der Waals surface area contributed by atoms with Gasteiger partial charge in [-0.05, 0) is 94.3 Å². The van der Waals surface area contributed by atoms with Crippen molar-refractivity contribution in [1.29, 1.82) is 0 Å². The molecule has 1 spiro atoms. The van der Waals surface area contributed by atoms with E-state index in [1.165, 1.54) is 18.4 Å². The van der Waals surface area contributed by atoms with E-state index >= 15 is 0 Å². The van der Waals surface area contributed by atoms with Crippen LogP contribution in [0.25, 0.3) is 0 Å². The predicted octanol–water partition coefficient (Wildman–Crippen LogP) is 4.34. The quantitative estimate of drug-likeness (QED) is 0.596. The molecule has 5 nitrogen and oxygen atoms in total. The average Bonchev–Trinajstić information content (AvgIpc) is 3.59. The molecule has 0 bridgehead atoms. The second kappa shape index (κ2) is 10.1. The zero-order valence-electron chi connectivity index (χ0n) is 20.0. The largest absolute Gasteiger partial charge is 0.366 e. The van der Waals surface area contributed by atoms with Crippen molar-refractivity contribution in [1.82, 2.24) is 15.7 Å². The van der Waals surface area contributed by atoms with Crippen molar-refractivity contribution in [3.63, 3.8) is 0 Å². The lowest BCUT2D eigenvalue weighted by molar-refractivity contribution is -0.00851. The molecule has 5 rings (SSSR count). The Hall–Kier alpha value is -2.28. The molecule has 5 atom stereocenters.